The molecule has 0 saturated carbocycles. The summed E-state index contributed by atoms with van der Waals surface area (Å²) in [5.41, 5.74) is 14.3. The minimum Gasteiger partial charge on any atom is -0.480 e. The number of nitrogens with two attached hydrogens (primary N) is 2. The first kappa shape index (κ1) is 33.3. The summed E-state index contributed by atoms with van der Waals surface area (Å²) >= 11 is 0. The lowest BCUT2D eigenvalue weighted by molar-refractivity contribution is -0.142. The molecule has 0 radical (unpaired) electrons. The molecule has 2 aromatic carbocycles. The Labute approximate surface area is 252 Å². The molecule has 0 bridgehead atoms. The van der Waals surface area contributed by atoms with Gasteiger partial charge in [-0.2, -0.15) is 0 Å². The van der Waals surface area contributed by atoms with Gasteiger partial charge in [-0.1, -0.05) is 68.8 Å². The van der Waals surface area contributed by atoms with E-state index < -0.39 is 47.9 Å². The normalized spacial score (nSPS) is 14.7. The van der Waals surface area contributed by atoms with Crippen LogP contribution in [-0.4, -0.2) is 64.5 Å². The van der Waals surface area contributed by atoms with Crippen LogP contribution in [0.2, 0.25) is 0 Å². The molecule has 3 aromatic rings. The van der Waals surface area contributed by atoms with E-state index in [1.54, 1.807) is 6.20 Å². The molecule has 1 heterocycles. The van der Waals surface area contributed by atoms with E-state index in [9.17, 15) is 24.3 Å². The number of carbonyl (C=O) groups is 4. The summed E-state index contributed by atoms with van der Waals surface area (Å²) in [5.74, 6) is -3.10. The van der Waals surface area contributed by atoms with E-state index in [0.29, 0.717) is 32.2 Å². The van der Waals surface area contributed by atoms with E-state index in [-0.39, 0.29) is 18.8 Å². The fourth-order valence-electron chi connectivity index (χ4n) is 4.94. The molecule has 43 heavy (non-hydrogen) atoms. The second kappa shape index (κ2) is 16.4. The Bertz CT molecular complexity index is 1360. The number of rotatable bonds is 17. The van der Waals surface area contributed by atoms with Crippen LogP contribution in [-0.2, 0) is 32.0 Å². The topological polar surface area (TPSA) is 192 Å². The standard InChI is InChI=1S/C32H44N6O5/c1-3-20(2)28(38-29(39)24(34)17-21-11-5-4-6-12-21)31(41)37-27(18-22-19-35-25-14-8-7-13-23(22)25)30(40)36-26(32(42)43)15-9-10-16-33/h4-8,11-14,19-20,24,26-28,35H,3,9-10,15-18,33-34H2,1-2H3,(H,36,40)(H,37,41)(H,38,39)(H,42,43). The summed E-state index contributed by atoms with van der Waals surface area (Å²) in [6.45, 7) is 4.15. The predicted molar refractivity (Wildman–Crippen MR) is 166 cm³/mol. The van der Waals surface area contributed by atoms with E-state index in [1.165, 1.54) is 0 Å². The van der Waals surface area contributed by atoms with Gasteiger partial charge in [0.05, 0.1) is 6.04 Å². The lowest BCUT2D eigenvalue weighted by atomic mass is 9.96. The number of aromatic amines is 1. The monoisotopic (exact) mass is 592 g/mol. The van der Waals surface area contributed by atoms with Gasteiger partial charge in [-0.05, 0) is 55.3 Å². The summed E-state index contributed by atoms with van der Waals surface area (Å²) in [7, 11) is 0. The molecule has 0 aliphatic heterocycles. The number of hydrogen-bond acceptors (Lipinski definition) is 6. The number of hydrogen-bond donors (Lipinski definition) is 7. The average molecular weight is 593 g/mol. The first-order valence-electron chi connectivity index (χ1n) is 14.8. The SMILES string of the molecule is CCC(C)C(NC(=O)C(N)Cc1ccccc1)C(=O)NC(Cc1c[nH]c2ccccc12)C(=O)NC(CCCCN)C(=O)O. The summed E-state index contributed by atoms with van der Waals surface area (Å²) in [6.07, 6.45) is 4.10. The molecular formula is C32H44N6O5. The van der Waals surface area contributed by atoms with Gasteiger partial charge >= 0.3 is 5.97 Å². The number of unbranched alkanes of at least 4 members (excludes halogenated alkanes) is 1. The Kier molecular flexibility index (Phi) is 12.7. The van der Waals surface area contributed by atoms with Crippen molar-refractivity contribution in [3.8, 4) is 0 Å². The minimum atomic E-state index is -1.17. The van der Waals surface area contributed by atoms with Crippen LogP contribution in [0.4, 0.5) is 0 Å². The molecule has 0 saturated heterocycles. The van der Waals surface area contributed by atoms with Gasteiger partial charge in [0.15, 0.2) is 0 Å². The van der Waals surface area contributed by atoms with Crippen LogP contribution in [0.25, 0.3) is 10.9 Å². The van der Waals surface area contributed by atoms with Gasteiger partial charge in [0.25, 0.3) is 0 Å². The zero-order valence-electron chi connectivity index (χ0n) is 24.8. The molecule has 1 aromatic heterocycles. The highest BCUT2D eigenvalue weighted by atomic mass is 16.4. The molecule has 3 amide bonds. The zero-order valence-corrected chi connectivity index (χ0v) is 24.8. The first-order valence-corrected chi connectivity index (χ1v) is 14.8. The van der Waals surface area contributed by atoms with Crippen LogP contribution < -0.4 is 27.4 Å². The number of aromatic nitrogens is 1. The quantitative estimate of drug-likeness (QED) is 0.117. The number of H-pyrrole nitrogens is 1. The maximum atomic E-state index is 13.7. The fourth-order valence-corrected chi connectivity index (χ4v) is 4.94. The van der Waals surface area contributed by atoms with Crippen LogP contribution in [0.1, 0.15) is 50.7 Å². The number of amides is 3. The van der Waals surface area contributed by atoms with Crippen molar-refractivity contribution in [2.75, 3.05) is 6.54 Å². The molecular weight excluding hydrogens is 548 g/mol. The lowest BCUT2D eigenvalue weighted by Crippen LogP contribution is -2.59. The third-order valence-corrected chi connectivity index (χ3v) is 7.72. The van der Waals surface area contributed by atoms with Crippen molar-refractivity contribution in [1.29, 1.82) is 0 Å². The van der Waals surface area contributed by atoms with Gasteiger partial charge in [0.1, 0.15) is 18.1 Å². The van der Waals surface area contributed by atoms with Crippen LogP contribution in [0.3, 0.4) is 0 Å². The zero-order chi connectivity index (χ0) is 31.4. The van der Waals surface area contributed by atoms with Crippen LogP contribution in [0.15, 0.2) is 60.8 Å². The lowest BCUT2D eigenvalue weighted by Gasteiger charge is -2.28. The van der Waals surface area contributed by atoms with Gasteiger partial charge in [0, 0.05) is 23.5 Å². The Morgan fingerprint density at radius 2 is 1.53 bits per heavy atom. The highest BCUT2D eigenvalue weighted by Crippen LogP contribution is 2.20. The van der Waals surface area contributed by atoms with Crippen LogP contribution in [0.5, 0.6) is 0 Å². The molecule has 5 atom stereocenters. The van der Waals surface area contributed by atoms with Crippen LogP contribution in [0, 0.1) is 5.92 Å². The third kappa shape index (κ3) is 9.65. The molecule has 0 fully saturated rings. The Hall–Kier alpha value is -4.22. The molecule has 11 nitrogen and oxygen atoms in total. The molecule has 5 unspecified atom stereocenters. The number of fused-ring (bicyclic) bond motifs is 1. The summed E-state index contributed by atoms with van der Waals surface area (Å²) < 4.78 is 0. The molecule has 9 N–H and O–H groups in total. The van der Waals surface area contributed by atoms with Gasteiger partial charge in [-0.3, -0.25) is 14.4 Å². The van der Waals surface area contributed by atoms with Gasteiger partial charge in [0.2, 0.25) is 17.7 Å². The Morgan fingerprint density at radius 1 is 0.860 bits per heavy atom. The Morgan fingerprint density at radius 3 is 2.21 bits per heavy atom. The van der Waals surface area contributed by atoms with Gasteiger partial charge < -0.3 is 37.5 Å². The van der Waals surface area contributed by atoms with Crippen molar-refractivity contribution in [2.24, 2.45) is 17.4 Å². The van der Waals surface area contributed by atoms with Gasteiger partial charge in [-0.25, -0.2) is 4.79 Å². The van der Waals surface area contributed by atoms with E-state index in [2.05, 4.69) is 20.9 Å². The van der Waals surface area contributed by atoms with Gasteiger partial charge in [-0.15, -0.1) is 0 Å². The summed E-state index contributed by atoms with van der Waals surface area (Å²) in [4.78, 5) is 55.4. The van der Waals surface area contributed by atoms with Crippen molar-refractivity contribution in [3.05, 3.63) is 71.9 Å². The van der Waals surface area contributed by atoms with Crippen molar-refractivity contribution in [3.63, 3.8) is 0 Å². The number of aliphatic carboxylic acids is 1. The molecule has 0 aliphatic carbocycles. The van der Waals surface area contributed by atoms with E-state index in [4.69, 9.17) is 11.5 Å². The first-order chi connectivity index (χ1) is 20.6. The Balaban J connectivity index is 1.81. The molecule has 11 heteroatoms. The maximum Gasteiger partial charge on any atom is 0.326 e. The molecule has 0 spiro atoms. The number of nitrogens with one attached hydrogen (secondary N) is 4. The van der Waals surface area contributed by atoms with Crippen molar-refractivity contribution < 1.29 is 24.3 Å². The third-order valence-electron chi connectivity index (χ3n) is 7.72. The largest absolute Gasteiger partial charge is 0.480 e. The summed E-state index contributed by atoms with van der Waals surface area (Å²) in [5, 5.41) is 18.8. The number of carboxylic acids is 1. The van der Waals surface area contributed by atoms with E-state index in [0.717, 1.165) is 22.0 Å². The van der Waals surface area contributed by atoms with Crippen molar-refractivity contribution in [2.45, 2.75) is 76.5 Å². The highest BCUT2D eigenvalue weighted by Gasteiger charge is 2.33. The van der Waals surface area contributed by atoms with E-state index in [1.807, 2.05) is 68.4 Å². The minimum absolute atomic E-state index is 0.103. The predicted octanol–water partition coefficient (Wildman–Crippen LogP) is 1.99. The molecule has 232 valence electrons. The maximum absolute atomic E-state index is 13.7. The van der Waals surface area contributed by atoms with E-state index >= 15 is 0 Å². The number of benzene rings is 2. The smallest absolute Gasteiger partial charge is 0.326 e. The van der Waals surface area contributed by atoms with Crippen LogP contribution >= 0.6 is 0 Å². The second-order valence-electron chi connectivity index (χ2n) is 11.0. The average Bonchev–Trinajstić information content (AvgIpc) is 3.41. The number of para-hydroxylation sites is 1. The second-order valence-corrected chi connectivity index (χ2v) is 11.0. The fraction of sp³-hybridized carbons (Fsp3) is 0.438. The summed E-state index contributed by atoms with van der Waals surface area (Å²) in [6, 6.07) is 12.8. The molecule has 0 aliphatic rings. The van der Waals surface area contributed by atoms with Crippen molar-refractivity contribution >= 4 is 34.6 Å². The van der Waals surface area contributed by atoms with Crippen molar-refractivity contribution in [1.82, 2.24) is 20.9 Å². The number of carboxylic acid groups (broad SMARTS) is 1. The highest BCUT2D eigenvalue weighted by molar-refractivity contribution is 5.95. The molecule has 3 rings (SSSR count). The number of carbonyl (C=O) groups excluding carboxylic acids is 3.